The molecule has 0 aliphatic carbocycles. The van der Waals surface area contributed by atoms with E-state index in [1.54, 1.807) is 18.5 Å². The molecule has 4 rings (SSSR count). The van der Waals surface area contributed by atoms with Gasteiger partial charge in [-0.3, -0.25) is 9.78 Å². The second-order valence-electron chi connectivity index (χ2n) is 6.87. The number of carbonyl (C=O) groups is 1. The van der Waals surface area contributed by atoms with Crippen LogP contribution in [0, 0.1) is 0 Å². The van der Waals surface area contributed by atoms with Crippen molar-refractivity contribution in [3.05, 3.63) is 101 Å². The van der Waals surface area contributed by atoms with Gasteiger partial charge in [0.05, 0.1) is 6.21 Å². The molecule has 1 N–H and O–H groups in total. The van der Waals surface area contributed by atoms with Crippen LogP contribution in [0.4, 0.5) is 0 Å². The third kappa shape index (κ3) is 5.70. The zero-order valence-corrected chi connectivity index (χ0v) is 18.7. The molecule has 32 heavy (non-hydrogen) atoms. The number of hydrogen-bond acceptors (Lipinski definition) is 5. The summed E-state index contributed by atoms with van der Waals surface area (Å²) < 4.78 is 12.4. The summed E-state index contributed by atoms with van der Waals surface area (Å²) in [4.78, 5) is 16.5. The Balaban J connectivity index is 1.35. The molecule has 0 unspecified atom stereocenters. The molecule has 6 nitrogen and oxygen atoms in total. The first-order valence-corrected chi connectivity index (χ1v) is 10.7. The Morgan fingerprint density at radius 2 is 1.81 bits per heavy atom. The third-order valence-corrected chi connectivity index (χ3v) is 5.05. The van der Waals surface area contributed by atoms with Crippen molar-refractivity contribution < 1.29 is 14.3 Å². The maximum atomic E-state index is 12.2. The Kier molecular flexibility index (Phi) is 7.09. The van der Waals surface area contributed by atoms with Crippen molar-refractivity contribution in [3.8, 4) is 11.5 Å². The molecule has 0 bridgehead atoms. The normalized spacial score (nSPS) is 10.9. The fourth-order valence-electron chi connectivity index (χ4n) is 3.03. The van der Waals surface area contributed by atoms with E-state index in [9.17, 15) is 4.79 Å². The van der Waals surface area contributed by atoms with Crippen molar-refractivity contribution in [1.82, 2.24) is 10.4 Å². The van der Waals surface area contributed by atoms with Crippen molar-refractivity contribution in [3.63, 3.8) is 0 Å². The van der Waals surface area contributed by atoms with Crippen molar-refractivity contribution in [2.45, 2.75) is 6.61 Å². The number of para-hydroxylation sites is 1. The largest absolute Gasteiger partial charge is 0.488 e. The average Bonchev–Trinajstić information content (AvgIpc) is 2.83. The Morgan fingerprint density at radius 3 is 2.69 bits per heavy atom. The maximum Gasteiger partial charge on any atom is 0.277 e. The minimum Gasteiger partial charge on any atom is -0.488 e. The predicted molar refractivity (Wildman–Crippen MR) is 128 cm³/mol. The molecule has 0 saturated carbocycles. The number of nitrogens with zero attached hydrogens (tertiary/aromatic N) is 2. The van der Waals surface area contributed by atoms with E-state index in [1.807, 2.05) is 72.8 Å². The highest BCUT2D eigenvalue weighted by Gasteiger charge is 2.07. The molecular weight excluding hydrogens is 470 g/mol. The zero-order valence-electron chi connectivity index (χ0n) is 17.1. The fourth-order valence-corrected chi connectivity index (χ4v) is 3.41. The minimum atomic E-state index is -0.379. The summed E-state index contributed by atoms with van der Waals surface area (Å²) in [6, 6.07) is 24.9. The van der Waals surface area contributed by atoms with Crippen LogP contribution in [0.25, 0.3) is 10.9 Å². The summed E-state index contributed by atoms with van der Waals surface area (Å²) in [5.74, 6) is 0.829. The van der Waals surface area contributed by atoms with E-state index in [0.29, 0.717) is 23.6 Å². The number of nitrogens with one attached hydrogen (secondary N) is 1. The molecule has 0 spiro atoms. The fraction of sp³-hybridized carbons (Fsp3) is 0.0800. The number of amides is 1. The lowest BCUT2D eigenvalue weighted by Crippen LogP contribution is -2.24. The highest BCUT2D eigenvalue weighted by molar-refractivity contribution is 9.10. The maximum absolute atomic E-state index is 12.2. The summed E-state index contributed by atoms with van der Waals surface area (Å²) in [6.07, 6.45) is 3.23. The van der Waals surface area contributed by atoms with Gasteiger partial charge >= 0.3 is 0 Å². The van der Waals surface area contributed by atoms with Crippen LogP contribution in [0.15, 0.2) is 94.6 Å². The van der Waals surface area contributed by atoms with Crippen molar-refractivity contribution >= 4 is 39.0 Å². The number of pyridine rings is 1. The van der Waals surface area contributed by atoms with Crippen molar-refractivity contribution in [2.24, 2.45) is 5.10 Å². The highest BCUT2D eigenvalue weighted by Crippen LogP contribution is 2.24. The van der Waals surface area contributed by atoms with Crippen LogP contribution in [0.3, 0.4) is 0 Å². The summed E-state index contributed by atoms with van der Waals surface area (Å²) in [7, 11) is 0. The third-order valence-electron chi connectivity index (χ3n) is 4.56. The SMILES string of the molecule is O=C(COc1cccc2cccnc12)N/N=C\c1cc(Br)ccc1OCc1ccccc1. The first-order chi connectivity index (χ1) is 15.7. The van der Waals surface area contributed by atoms with Gasteiger partial charge in [0, 0.05) is 21.6 Å². The summed E-state index contributed by atoms with van der Waals surface area (Å²) in [5.41, 5.74) is 4.99. The zero-order chi connectivity index (χ0) is 22.2. The van der Waals surface area contributed by atoms with Gasteiger partial charge in [0.2, 0.25) is 0 Å². The predicted octanol–water partition coefficient (Wildman–Crippen LogP) is 5.11. The molecule has 4 aromatic rings. The van der Waals surface area contributed by atoms with Crippen molar-refractivity contribution in [1.29, 1.82) is 0 Å². The van der Waals surface area contributed by atoms with Gasteiger partial charge in [0.15, 0.2) is 6.61 Å². The van der Waals surface area contributed by atoms with Crippen molar-refractivity contribution in [2.75, 3.05) is 6.61 Å². The second kappa shape index (κ2) is 10.5. The molecule has 3 aromatic carbocycles. The molecule has 7 heteroatoms. The number of halogens is 1. The number of rotatable bonds is 8. The number of hydrazone groups is 1. The topological polar surface area (TPSA) is 72.8 Å². The monoisotopic (exact) mass is 489 g/mol. The molecule has 0 fully saturated rings. The molecule has 1 heterocycles. The Hall–Kier alpha value is -3.71. The van der Waals surface area contributed by atoms with Gasteiger partial charge < -0.3 is 9.47 Å². The minimum absolute atomic E-state index is 0.178. The number of aromatic nitrogens is 1. The van der Waals surface area contributed by atoms with Gasteiger partial charge in [-0.15, -0.1) is 0 Å². The quantitative estimate of drug-likeness (QED) is 0.276. The lowest BCUT2D eigenvalue weighted by Gasteiger charge is -2.10. The van der Waals surface area contributed by atoms with Gasteiger partial charge in [-0.05, 0) is 35.9 Å². The lowest BCUT2D eigenvalue weighted by atomic mass is 10.2. The van der Waals surface area contributed by atoms with E-state index in [4.69, 9.17) is 9.47 Å². The molecule has 0 aliphatic heterocycles. The van der Waals surface area contributed by atoms with Gasteiger partial charge in [0.25, 0.3) is 5.91 Å². The van der Waals surface area contributed by atoms with Crippen LogP contribution in [0.5, 0.6) is 11.5 Å². The smallest absolute Gasteiger partial charge is 0.277 e. The summed E-state index contributed by atoms with van der Waals surface area (Å²) in [6.45, 7) is 0.255. The van der Waals surface area contributed by atoms with E-state index in [2.05, 4.69) is 31.4 Å². The Morgan fingerprint density at radius 1 is 0.969 bits per heavy atom. The van der Waals surface area contributed by atoms with Gasteiger partial charge in [-0.2, -0.15) is 5.10 Å². The molecule has 160 valence electrons. The Bertz CT molecular complexity index is 1240. The molecule has 0 saturated heterocycles. The van der Waals surface area contributed by atoms with E-state index < -0.39 is 0 Å². The molecule has 0 radical (unpaired) electrons. The van der Waals surface area contributed by atoms with Crippen LogP contribution >= 0.6 is 15.9 Å². The van der Waals surface area contributed by atoms with Gasteiger partial charge in [-0.25, -0.2) is 5.43 Å². The van der Waals surface area contributed by atoms with Gasteiger partial charge in [-0.1, -0.05) is 64.5 Å². The van der Waals surface area contributed by atoms with Crippen LogP contribution in [0.1, 0.15) is 11.1 Å². The highest BCUT2D eigenvalue weighted by atomic mass is 79.9. The van der Waals surface area contributed by atoms with E-state index in [-0.39, 0.29) is 12.5 Å². The van der Waals surface area contributed by atoms with Crippen LogP contribution in [0.2, 0.25) is 0 Å². The van der Waals surface area contributed by atoms with E-state index >= 15 is 0 Å². The first kappa shape index (κ1) is 21.5. The number of carbonyl (C=O) groups excluding carboxylic acids is 1. The lowest BCUT2D eigenvalue weighted by molar-refractivity contribution is -0.123. The van der Waals surface area contributed by atoms with Crippen LogP contribution < -0.4 is 14.9 Å². The second-order valence-corrected chi connectivity index (χ2v) is 7.79. The number of hydrogen-bond donors (Lipinski definition) is 1. The van der Waals surface area contributed by atoms with Gasteiger partial charge in [0.1, 0.15) is 23.6 Å². The molecule has 0 aliphatic rings. The number of benzene rings is 3. The number of fused-ring (bicyclic) bond motifs is 1. The standard InChI is InChI=1S/C25H20BrN3O3/c26-21-11-12-22(31-16-18-6-2-1-3-7-18)20(14-21)15-28-29-24(30)17-32-23-10-4-8-19-9-5-13-27-25(19)23/h1-15H,16-17H2,(H,29,30)/b28-15-. The summed E-state index contributed by atoms with van der Waals surface area (Å²) >= 11 is 3.45. The molecule has 1 aromatic heterocycles. The van der Waals surface area contributed by atoms with Crippen LogP contribution in [-0.4, -0.2) is 23.7 Å². The van der Waals surface area contributed by atoms with E-state index in [1.165, 1.54) is 0 Å². The molecular formula is C25H20BrN3O3. The number of ether oxygens (including phenoxy) is 2. The molecule has 0 atom stereocenters. The average molecular weight is 490 g/mol. The van der Waals surface area contributed by atoms with Crippen LogP contribution in [-0.2, 0) is 11.4 Å². The van der Waals surface area contributed by atoms with E-state index in [0.717, 1.165) is 21.0 Å². The summed E-state index contributed by atoms with van der Waals surface area (Å²) in [5, 5.41) is 5.00. The Labute approximate surface area is 194 Å². The molecule has 1 amide bonds. The first-order valence-electron chi connectivity index (χ1n) is 9.94.